The van der Waals surface area contributed by atoms with Gasteiger partial charge in [-0.3, -0.25) is 9.59 Å². The van der Waals surface area contributed by atoms with E-state index in [2.05, 4.69) is 5.32 Å². The summed E-state index contributed by atoms with van der Waals surface area (Å²) in [5.41, 5.74) is 6.42. The Balaban J connectivity index is 0.00000220. The van der Waals surface area contributed by atoms with Crippen molar-refractivity contribution in [1.82, 2.24) is 4.57 Å². The normalized spacial score (nSPS) is 16.9. The summed E-state index contributed by atoms with van der Waals surface area (Å²) in [6.07, 6.45) is 7.72. The molecular weight excluding hydrogens is 290 g/mol. The van der Waals surface area contributed by atoms with Gasteiger partial charge in [0.15, 0.2) is 0 Å². The number of hydrogen-bond acceptors (Lipinski definition) is 3. The molecule has 1 amide bonds. The van der Waals surface area contributed by atoms with Crippen LogP contribution in [0.3, 0.4) is 0 Å². The standard InChI is InChI=1S/C15H23N3O2.ClH/c1-18-10-12(5-6-14(18)20)17-13(19)9-15(11-16)7-3-2-4-8-15;/h5-6,10H,2-4,7-9,11,16H2,1H3,(H,17,19);1H. The van der Waals surface area contributed by atoms with Crippen molar-refractivity contribution in [2.45, 2.75) is 38.5 Å². The molecule has 0 atom stereocenters. The van der Waals surface area contributed by atoms with Crippen molar-refractivity contribution in [3.8, 4) is 0 Å². The van der Waals surface area contributed by atoms with E-state index < -0.39 is 0 Å². The Bertz CT molecular complexity index is 536. The minimum Gasteiger partial charge on any atom is -0.330 e. The fourth-order valence-corrected chi connectivity index (χ4v) is 2.97. The fourth-order valence-electron chi connectivity index (χ4n) is 2.97. The number of pyridine rings is 1. The predicted octanol–water partition coefficient (Wildman–Crippen LogP) is 2.04. The monoisotopic (exact) mass is 313 g/mol. The third-order valence-corrected chi connectivity index (χ3v) is 4.25. The summed E-state index contributed by atoms with van der Waals surface area (Å²) in [4.78, 5) is 23.5. The lowest BCUT2D eigenvalue weighted by molar-refractivity contribution is -0.118. The Morgan fingerprint density at radius 2 is 2.00 bits per heavy atom. The number of nitrogens with zero attached hydrogens (tertiary/aromatic N) is 1. The smallest absolute Gasteiger partial charge is 0.250 e. The van der Waals surface area contributed by atoms with Crippen LogP contribution in [0.1, 0.15) is 38.5 Å². The van der Waals surface area contributed by atoms with E-state index in [0.29, 0.717) is 18.7 Å². The third-order valence-electron chi connectivity index (χ3n) is 4.25. The Labute approximate surface area is 131 Å². The largest absolute Gasteiger partial charge is 0.330 e. The second-order valence-corrected chi connectivity index (χ2v) is 5.86. The molecule has 2 rings (SSSR count). The van der Waals surface area contributed by atoms with Crippen molar-refractivity contribution in [2.75, 3.05) is 11.9 Å². The molecule has 1 saturated carbocycles. The number of anilines is 1. The van der Waals surface area contributed by atoms with Crippen LogP contribution in [0.25, 0.3) is 0 Å². The van der Waals surface area contributed by atoms with Crippen LogP contribution >= 0.6 is 12.4 Å². The van der Waals surface area contributed by atoms with Gasteiger partial charge in [0.05, 0.1) is 5.69 Å². The van der Waals surface area contributed by atoms with E-state index in [1.165, 1.54) is 17.1 Å². The second-order valence-electron chi connectivity index (χ2n) is 5.86. The summed E-state index contributed by atoms with van der Waals surface area (Å²) in [6, 6.07) is 3.09. The molecule has 1 aliphatic rings. The summed E-state index contributed by atoms with van der Waals surface area (Å²) in [7, 11) is 1.67. The highest BCUT2D eigenvalue weighted by atomic mass is 35.5. The molecule has 0 bridgehead atoms. The van der Waals surface area contributed by atoms with Crippen molar-refractivity contribution in [3.63, 3.8) is 0 Å². The van der Waals surface area contributed by atoms with Gasteiger partial charge in [-0.15, -0.1) is 12.4 Å². The highest BCUT2D eigenvalue weighted by molar-refractivity contribution is 5.91. The van der Waals surface area contributed by atoms with Gasteiger partial charge < -0.3 is 15.6 Å². The molecule has 1 aliphatic carbocycles. The second kappa shape index (κ2) is 7.61. The van der Waals surface area contributed by atoms with Crippen LogP contribution in [0.5, 0.6) is 0 Å². The maximum Gasteiger partial charge on any atom is 0.250 e. The number of nitrogens with two attached hydrogens (primary N) is 1. The van der Waals surface area contributed by atoms with E-state index in [1.54, 1.807) is 19.3 Å². The number of aryl methyl sites for hydroxylation is 1. The highest BCUT2D eigenvalue weighted by Gasteiger charge is 2.32. The first-order chi connectivity index (χ1) is 9.54. The lowest BCUT2D eigenvalue weighted by Crippen LogP contribution is -2.36. The van der Waals surface area contributed by atoms with Crippen molar-refractivity contribution >= 4 is 24.0 Å². The van der Waals surface area contributed by atoms with Crippen molar-refractivity contribution in [2.24, 2.45) is 18.2 Å². The lowest BCUT2D eigenvalue weighted by atomic mass is 9.71. The molecule has 118 valence electrons. The number of hydrogen-bond donors (Lipinski definition) is 2. The molecule has 0 spiro atoms. The number of halogens is 1. The van der Waals surface area contributed by atoms with Gasteiger partial charge in [0.1, 0.15) is 0 Å². The van der Waals surface area contributed by atoms with Gasteiger partial charge in [0.25, 0.3) is 0 Å². The molecule has 1 aromatic heterocycles. The van der Waals surface area contributed by atoms with Gasteiger partial charge in [-0.2, -0.15) is 0 Å². The van der Waals surface area contributed by atoms with E-state index in [0.717, 1.165) is 25.7 Å². The summed E-state index contributed by atoms with van der Waals surface area (Å²) in [6.45, 7) is 0.563. The summed E-state index contributed by atoms with van der Waals surface area (Å²) >= 11 is 0. The molecule has 21 heavy (non-hydrogen) atoms. The molecule has 1 aromatic rings. The quantitative estimate of drug-likeness (QED) is 0.893. The van der Waals surface area contributed by atoms with Crippen LogP contribution in [0.4, 0.5) is 5.69 Å². The molecule has 0 unspecified atom stereocenters. The van der Waals surface area contributed by atoms with Crippen molar-refractivity contribution < 1.29 is 4.79 Å². The molecule has 1 fully saturated rings. The van der Waals surface area contributed by atoms with Gasteiger partial charge in [0, 0.05) is 25.7 Å². The van der Waals surface area contributed by atoms with Crippen LogP contribution < -0.4 is 16.6 Å². The van der Waals surface area contributed by atoms with Crippen LogP contribution in [0.15, 0.2) is 23.1 Å². The first-order valence-corrected chi connectivity index (χ1v) is 7.21. The third kappa shape index (κ3) is 4.58. The van der Waals surface area contributed by atoms with Crippen LogP contribution in [0, 0.1) is 5.41 Å². The van der Waals surface area contributed by atoms with Crippen molar-refractivity contribution in [3.05, 3.63) is 28.7 Å². The zero-order valence-corrected chi connectivity index (χ0v) is 13.2. The van der Waals surface area contributed by atoms with E-state index in [1.807, 2.05) is 0 Å². The van der Waals surface area contributed by atoms with Gasteiger partial charge >= 0.3 is 0 Å². The Morgan fingerprint density at radius 3 is 2.57 bits per heavy atom. The SMILES string of the molecule is Cl.Cn1cc(NC(=O)CC2(CN)CCCCC2)ccc1=O. The highest BCUT2D eigenvalue weighted by Crippen LogP contribution is 2.38. The number of carbonyl (C=O) groups excluding carboxylic acids is 1. The maximum atomic E-state index is 12.2. The number of nitrogens with one attached hydrogen (secondary N) is 1. The molecule has 3 N–H and O–H groups in total. The summed E-state index contributed by atoms with van der Waals surface area (Å²) in [5.74, 6) is -0.0176. The average molecular weight is 314 g/mol. The number of aromatic nitrogens is 1. The van der Waals surface area contributed by atoms with Gasteiger partial charge in [-0.05, 0) is 30.9 Å². The average Bonchev–Trinajstić information content (AvgIpc) is 2.44. The van der Waals surface area contributed by atoms with Crippen LogP contribution in [-0.2, 0) is 11.8 Å². The zero-order valence-electron chi connectivity index (χ0n) is 12.4. The Kier molecular flexibility index (Phi) is 6.42. The topological polar surface area (TPSA) is 77.1 Å². The minimum absolute atomic E-state index is 0. The van der Waals surface area contributed by atoms with E-state index in [-0.39, 0.29) is 29.3 Å². The first-order valence-electron chi connectivity index (χ1n) is 7.21. The molecular formula is C15H24ClN3O2. The van der Waals surface area contributed by atoms with E-state index >= 15 is 0 Å². The molecule has 0 radical (unpaired) electrons. The van der Waals surface area contributed by atoms with E-state index in [4.69, 9.17) is 5.73 Å². The molecule has 5 nitrogen and oxygen atoms in total. The molecule has 0 aromatic carbocycles. The summed E-state index contributed by atoms with van der Waals surface area (Å²) in [5, 5.41) is 2.86. The van der Waals surface area contributed by atoms with Crippen LogP contribution in [0.2, 0.25) is 0 Å². The first kappa shape index (κ1) is 17.7. The maximum absolute atomic E-state index is 12.2. The van der Waals surface area contributed by atoms with Gasteiger partial charge in [-0.25, -0.2) is 0 Å². The molecule has 6 heteroatoms. The summed E-state index contributed by atoms with van der Waals surface area (Å²) < 4.78 is 1.45. The number of rotatable bonds is 4. The Morgan fingerprint density at radius 1 is 1.33 bits per heavy atom. The van der Waals surface area contributed by atoms with E-state index in [9.17, 15) is 9.59 Å². The van der Waals surface area contributed by atoms with Crippen LogP contribution in [-0.4, -0.2) is 17.0 Å². The fraction of sp³-hybridized carbons (Fsp3) is 0.600. The van der Waals surface area contributed by atoms with Gasteiger partial charge in [0.2, 0.25) is 11.5 Å². The zero-order chi connectivity index (χ0) is 14.6. The van der Waals surface area contributed by atoms with Crippen molar-refractivity contribution in [1.29, 1.82) is 0 Å². The lowest BCUT2D eigenvalue weighted by Gasteiger charge is -2.35. The Hall–Kier alpha value is -1.33. The predicted molar refractivity (Wildman–Crippen MR) is 86.8 cm³/mol. The molecule has 1 heterocycles. The minimum atomic E-state index is -0.0892. The van der Waals surface area contributed by atoms with Gasteiger partial charge in [-0.1, -0.05) is 19.3 Å². The molecule has 0 saturated heterocycles. The number of carbonyl (C=O) groups is 1. The molecule has 0 aliphatic heterocycles. The number of amides is 1.